The lowest BCUT2D eigenvalue weighted by Gasteiger charge is -2.09. The lowest BCUT2D eigenvalue weighted by atomic mass is 10.1. The molecule has 25 heavy (non-hydrogen) atoms. The van der Waals surface area contributed by atoms with Crippen LogP contribution in [0, 0.1) is 6.92 Å². The summed E-state index contributed by atoms with van der Waals surface area (Å²) >= 11 is 1.25. The Morgan fingerprint density at radius 2 is 1.84 bits per heavy atom. The van der Waals surface area contributed by atoms with Crippen LogP contribution in [0.5, 0.6) is 0 Å². The quantitative estimate of drug-likeness (QED) is 0.682. The second-order valence-corrected chi connectivity index (χ2v) is 6.99. The van der Waals surface area contributed by atoms with Crippen LogP contribution in [0.1, 0.15) is 18.1 Å². The standard InChI is InChI=1S/C19H19N3O2S/c1-13-8-10-16(11-9-13)18-21-22-19(24-18)25-14(2)17(23)20-12-15-6-4-3-5-7-15/h3-11,14H,12H2,1-2H3,(H,20,23). The van der Waals surface area contributed by atoms with Crippen molar-refractivity contribution in [2.45, 2.75) is 30.9 Å². The fourth-order valence-electron chi connectivity index (χ4n) is 2.20. The lowest BCUT2D eigenvalue weighted by Crippen LogP contribution is -2.30. The van der Waals surface area contributed by atoms with E-state index in [2.05, 4.69) is 15.5 Å². The van der Waals surface area contributed by atoms with Gasteiger partial charge in [0.1, 0.15) is 0 Å². The molecule has 0 aliphatic heterocycles. The van der Waals surface area contributed by atoms with Crippen LogP contribution in [0.4, 0.5) is 0 Å². The van der Waals surface area contributed by atoms with E-state index in [1.165, 1.54) is 17.3 Å². The average Bonchev–Trinajstić information content (AvgIpc) is 3.09. The predicted molar refractivity (Wildman–Crippen MR) is 98.1 cm³/mol. The number of nitrogens with zero attached hydrogens (tertiary/aromatic N) is 2. The number of aryl methyl sites for hydroxylation is 1. The highest BCUT2D eigenvalue weighted by Crippen LogP contribution is 2.26. The van der Waals surface area contributed by atoms with E-state index in [1.807, 2.05) is 68.4 Å². The molecule has 0 saturated heterocycles. The van der Waals surface area contributed by atoms with Gasteiger partial charge in [0.15, 0.2) is 0 Å². The molecule has 3 rings (SSSR count). The molecule has 0 aliphatic rings. The average molecular weight is 353 g/mol. The van der Waals surface area contributed by atoms with Crippen molar-refractivity contribution in [3.05, 3.63) is 65.7 Å². The Morgan fingerprint density at radius 1 is 1.12 bits per heavy atom. The number of nitrogens with one attached hydrogen (secondary N) is 1. The van der Waals surface area contributed by atoms with E-state index in [-0.39, 0.29) is 11.2 Å². The van der Waals surface area contributed by atoms with E-state index in [0.717, 1.165) is 11.1 Å². The zero-order chi connectivity index (χ0) is 17.6. The van der Waals surface area contributed by atoms with Crippen molar-refractivity contribution in [1.82, 2.24) is 15.5 Å². The van der Waals surface area contributed by atoms with Crippen LogP contribution < -0.4 is 5.32 Å². The third kappa shape index (κ3) is 4.70. The lowest BCUT2D eigenvalue weighted by molar-refractivity contribution is -0.120. The molecular formula is C19H19N3O2S. The summed E-state index contributed by atoms with van der Waals surface area (Å²) in [6.45, 7) is 4.35. The molecular weight excluding hydrogens is 334 g/mol. The molecule has 1 amide bonds. The first-order chi connectivity index (χ1) is 12.1. The molecule has 6 heteroatoms. The number of rotatable bonds is 6. The molecule has 1 aromatic heterocycles. The zero-order valence-corrected chi connectivity index (χ0v) is 14.9. The summed E-state index contributed by atoms with van der Waals surface area (Å²) in [7, 11) is 0. The Kier molecular flexibility index (Phi) is 5.50. The zero-order valence-electron chi connectivity index (χ0n) is 14.1. The van der Waals surface area contributed by atoms with Gasteiger partial charge in [0.2, 0.25) is 11.8 Å². The Balaban J connectivity index is 1.56. The number of benzene rings is 2. The van der Waals surface area contributed by atoms with Crippen LogP contribution in [-0.2, 0) is 11.3 Å². The minimum Gasteiger partial charge on any atom is -0.411 e. The molecule has 3 aromatic rings. The van der Waals surface area contributed by atoms with Crippen LogP contribution >= 0.6 is 11.8 Å². The van der Waals surface area contributed by atoms with E-state index >= 15 is 0 Å². The first-order valence-corrected chi connectivity index (χ1v) is 8.88. The largest absolute Gasteiger partial charge is 0.411 e. The van der Waals surface area contributed by atoms with Crippen molar-refractivity contribution >= 4 is 17.7 Å². The van der Waals surface area contributed by atoms with Crippen molar-refractivity contribution in [3.63, 3.8) is 0 Å². The van der Waals surface area contributed by atoms with Crippen molar-refractivity contribution in [1.29, 1.82) is 0 Å². The first kappa shape index (κ1) is 17.2. The summed E-state index contributed by atoms with van der Waals surface area (Å²) in [5.41, 5.74) is 3.10. The third-order valence-electron chi connectivity index (χ3n) is 3.66. The summed E-state index contributed by atoms with van der Waals surface area (Å²) in [5, 5.41) is 11.1. The summed E-state index contributed by atoms with van der Waals surface area (Å²) in [4.78, 5) is 12.2. The second kappa shape index (κ2) is 7.98. The van der Waals surface area contributed by atoms with E-state index in [9.17, 15) is 4.79 Å². The maximum absolute atomic E-state index is 12.2. The molecule has 1 N–H and O–H groups in total. The van der Waals surface area contributed by atoms with Crippen molar-refractivity contribution in [3.8, 4) is 11.5 Å². The van der Waals surface area contributed by atoms with Gasteiger partial charge in [-0.1, -0.05) is 59.8 Å². The molecule has 0 fully saturated rings. The van der Waals surface area contributed by atoms with Crippen LogP contribution in [0.25, 0.3) is 11.5 Å². The minimum absolute atomic E-state index is 0.0658. The summed E-state index contributed by atoms with van der Waals surface area (Å²) in [5.74, 6) is 0.392. The van der Waals surface area contributed by atoms with Gasteiger partial charge in [-0.15, -0.1) is 10.2 Å². The van der Waals surface area contributed by atoms with Gasteiger partial charge in [-0.05, 0) is 31.5 Å². The summed E-state index contributed by atoms with van der Waals surface area (Å²) in [6.07, 6.45) is 0. The molecule has 2 aromatic carbocycles. The van der Waals surface area contributed by atoms with E-state index < -0.39 is 0 Å². The normalized spacial score (nSPS) is 11.9. The summed E-state index contributed by atoms with van der Waals surface area (Å²) in [6, 6.07) is 17.7. The monoisotopic (exact) mass is 353 g/mol. The van der Waals surface area contributed by atoms with Gasteiger partial charge in [-0.2, -0.15) is 0 Å². The maximum atomic E-state index is 12.2. The van der Waals surface area contributed by atoms with Crippen LogP contribution in [0.3, 0.4) is 0 Å². The number of hydrogen-bond donors (Lipinski definition) is 1. The Bertz CT molecular complexity index is 831. The van der Waals surface area contributed by atoms with Crippen molar-refractivity contribution in [2.75, 3.05) is 0 Å². The van der Waals surface area contributed by atoms with E-state index in [1.54, 1.807) is 0 Å². The van der Waals surface area contributed by atoms with Gasteiger partial charge < -0.3 is 9.73 Å². The Hall–Kier alpha value is -2.60. The molecule has 0 radical (unpaired) electrons. The third-order valence-corrected chi connectivity index (χ3v) is 4.60. The molecule has 1 heterocycles. The molecule has 1 unspecified atom stereocenters. The highest BCUT2D eigenvalue weighted by Gasteiger charge is 2.18. The second-order valence-electron chi connectivity index (χ2n) is 5.70. The molecule has 128 valence electrons. The number of thioether (sulfide) groups is 1. The predicted octanol–water partition coefficient (Wildman–Crippen LogP) is 3.84. The molecule has 5 nitrogen and oxygen atoms in total. The van der Waals surface area contributed by atoms with Gasteiger partial charge in [-0.25, -0.2) is 0 Å². The highest BCUT2D eigenvalue weighted by atomic mass is 32.2. The first-order valence-electron chi connectivity index (χ1n) is 8.00. The van der Waals surface area contributed by atoms with E-state index in [0.29, 0.717) is 17.7 Å². The number of carbonyl (C=O) groups excluding carboxylic acids is 1. The number of aromatic nitrogens is 2. The highest BCUT2D eigenvalue weighted by molar-refractivity contribution is 8.00. The summed E-state index contributed by atoms with van der Waals surface area (Å²) < 4.78 is 5.65. The minimum atomic E-state index is -0.324. The molecule has 1 atom stereocenters. The number of hydrogen-bond acceptors (Lipinski definition) is 5. The topological polar surface area (TPSA) is 68.0 Å². The van der Waals surface area contributed by atoms with Gasteiger partial charge >= 0.3 is 0 Å². The van der Waals surface area contributed by atoms with Crippen LogP contribution in [0.2, 0.25) is 0 Å². The number of amides is 1. The molecule has 0 bridgehead atoms. The maximum Gasteiger partial charge on any atom is 0.277 e. The SMILES string of the molecule is Cc1ccc(-c2nnc(SC(C)C(=O)NCc3ccccc3)o2)cc1. The molecule has 0 spiro atoms. The smallest absolute Gasteiger partial charge is 0.277 e. The van der Waals surface area contributed by atoms with Gasteiger partial charge in [-0.3, -0.25) is 4.79 Å². The van der Waals surface area contributed by atoms with Crippen molar-refractivity contribution in [2.24, 2.45) is 0 Å². The van der Waals surface area contributed by atoms with Gasteiger partial charge in [0.05, 0.1) is 5.25 Å². The van der Waals surface area contributed by atoms with Gasteiger partial charge in [0, 0.05) is 12.1 Å². The van der Waals surface area contributed by atoms with Crippen LogP contribution in [-0.4, -0.2) is 21.4 Å². The fourth-order valence-corrected chi connectivity index (χ4v) is 2.91. The fraction of sp³-hybridized carbons (Fsp3) is 0.211. The molecule has 0 aliphatic carbocycles. The number of carbonyl (C=O) groups is 1. The molecule has 0 saturated carbocycles. The van der Waals surface area contributed by atoms with Crippen molar-refractivity contribution < 1.29 is 9.21 Å². The van der Waals surface area contributed by atoms with E-state index in [4.69, 9.17) is 4.42 Å². The Labute approximate surface area is 150 Å². The van der Waals surface area contributed by atoms with Crippen LogP contribution in [0.15, 0.2) is 64.2 Å². The van der Waals surface area contributed by atoms with Gasteiger partial charge in [0.25, 0.3) is 5.22 Å². The Morgan fingerprint density at radius 3 is 2.56 bits per heavy atom.